The normalized spacial score (nSPS) is 11.9. The van der Waals surface area contributed by atoms with E-state index in [1.54, 1.807) is 26.0 Å². The summed E-state index contributed by atoms with van der Waals surface area (Å²) in [5.74, 6) is -0.944. The second-order valence-corrected chi connectivity index (χ2v) is 5.35. The number of rotatable bonds is 4. The highest BCUT2D eigenvalue weighted by Gasteiger charge is 2.27. The first-order valence-corrected chi connectivity index (χ1v) is 5.76. The summed E-state index contributed by atoms with van der Waals surface area (Å²) < 4.78 is 13.8. The Morgan fingerprint density at radius 3 is 2.47 bits per heavy atom. The Bertz CT molecular complexity index is 422. The summed E-state index contributed by atoms with van der Waals surface area (Å²) in [5.41, 5.74) is 0.812. The van der Waals surface area contributed by atoms with Crippen LogP contribution in [0.5, 0.6) is 0 Å². The molecule has 0 aromatic heterocycles. The molecule has 0 atom stereocenters. The Balaban J connectivity index is 3.19. The molecule has 1 N–H and O–H groups in total. The lowest BCUT2D eigenvalue weighted by Gasteiger charge is -2.24. The molecule has 17 heavy (non-hydrogen) atoms. The van der Waals surface area contributed by atoms with Crippen LogP contribution in [-0.4, -0.2) is 11.1 Å². The maximum atomic E-state index is 13.8. The van der Waals surface area contributed by atoms with Gasteiger partial charge in [-0.25, -0.2) is 4.39 Å². The summed E-state index contributed by atoms with van der Waals surface area (Å²) >= 11 is 0. The van der Waals surface area contributed by atoms with E-state index in [2.05, 4.69) is 0 Å². The summed E-state index contributed by atoms with van der Waals surface area (Å²) in [4.78, 5) is 10.8. The van der Waals surface area contributed by atoms with E-state index in [4.69, 9.17) is 5.11 Å². The lowest BCUT2D eigenvalue weighted by atomic mass is 9.80. The third-order valence-electron chi connectivity index (χ3n) is 2.98. The van der Waals surface area contributed by atoms with Crippen LogP contribution in [0.25, 0.3) is 0 Å². The molecule has 0 aliphatic heterocycles. The minimum Gasteiger partial charge on any atom is -0.481 e. The van der Waals surface area contributed by atoms with Crippen molar-refractivity contribution in [1.29, 1.82) is 0 Å². The number of hydrogen-bond acceptors (Lipinski definition) is 1. The van der Waals surface area contributed by atoms with Gasteiger partial charge < -0.3 is 5.11 Å². The number of carbonyl (C=O) groups is 1. The third kappa shape index (κ3) is 3.29. The van der Waals surface area contributed by atoms with E-state index in [9.17, 15) is 9.18 Å². The number of aliphatic carboxylic acids is 1. The van der Waals surface area contributed by atoms with Crippen molar-refractivity contribution in [1.82, 2.24) is 0 Å². The first kappa shape index (κ1) is 13.7. The average Bonchev–Trinajstić information content (AvgIpc) is 2.15. The fourth-order valence-electron chi connectivity index (χ4n) is 1.89. The van der Waals surface area contributed by atoms with E-state index in [0.29, 0.717) is 11.5 Å². The molecule has 94 valence electrons. The Hall–Kier alpha value is -1.38. The second-order valence-electron chi connectivity index (χ2n) is 5.35. The molecule has 0 fully saturated rings. The van der Waals surface area contributed by atoms with Gasteiger partial charge in [-0.1, -0.05) is 39.8 Å². The second kappa shape index (κ2) is 4.86. The molecule has 0 aliphatic rings. The Kier molecular flexibility index (Phi) is 3.91. The largest absolute Gasteiger partial charge is 0.481 e. The lowest BCUT2D eigenvalue weighted by Crippen LogP contribution is -2.23. The van der Waals surface area contributed by atoms with Gasteiger partial charge in [-0.15, -0.1) is 0 Å². The molecular formula is C14H19FO2. The van der Waals surface area contributed by atoms with Crippen molar-refractivity contribution in [2.45, 2.75) is 45.4 Å². The molecular weight excluding hydrogens is 219 g/mol. The maximum absolute atomic E-state index is 13.8. The molecule has 0 radical (unpaired) electrons. The SMILES string of the molecule is CC(C)c1ccc(F)c(C(C)(C)CC(=O)O)c1. The van der Waals surface area contributed by atoms with Crippen LogP contribution in [0.2, 0.25) is 0 Å². The standard InChI is InChI=1S/C14H19FO2/c1-9(2)10-5-6-12(15)11(7-10)14(3,4)8-13(16)17/h5-7,9H,8H2,1-4H3,(H,16,17). The van der Waals surface area contributed by atoms with Gasteiger partial charge in [-0.2, -0.15) is 0 Å². The predicted octanol–water partition coefficient (Wildman–Crippen LogP) is 3.70. The van der Waals surface area contributed by atoms with Crippen LogP contribution in [0.15, 0.2) is 18.2 Å². The van der Waals surface area contributed by atoms with Gasteiger partial charge in [-0.3, -0.25) is 4.79 Å². The van der Waals surface area contributed by atoms with E-state index in [0.717, 1.165) is 5.56 Å². The monoisotopic (exact) mass is 238 g/mol. The van der Waals surface area contributed by atoms with Crippen LogP contribution in [0.1, 0.15) is 51.2 Å². The van der Waals surface area contributed by atoms with Crippen LogP contribution in [-0.2, 0) is 10.2 Å². The van der Waals surface area contributed by atoms with Crippen molar-refractivity contribution in [3.05, 3.63) is 35.1 Å². The highest BCUT2D eigenvalue weighted by atomic mass is 19.1. The van der Waals surface area contributed by atoms with Crippen molar-refractivity contribution >= 4 is 5.97 Å². The molecule has 0 spiro atoms. The summed E-state index contributed by atoms with van der Waals surface area (Å²) in [7, 11) is 0. The fourth-order valence-corrected chi connectivity index (χ4v) is 1.89. The van der Waals surface area contributed by atoms with E-state index in [1.807, 2.05) is 13.8 Å². The minimum absolute atomic E-state index is 0.0779. The van der Waals surface area contributed by atoms with Crippen LogP contribution >= 0.6 is 0 Å². The maximum Gasteiger partial charge on any atom is 0.304 e. The molecule has 0 heterocycles. The van der Waals surface area contributed by atoms with Gasteiger partial charge in [-0.05, 0) is 23.1 Å². The van der Waals surface area contributed by atoms with Crippen LogP contribution < -0.4 is 0 Å². The van der Waals surface area contributed by atoms with Crippen molar-refractivity contribution in [2.24, 2.45) is 0 Å². The minimum atomic E-state index is -0.913. The summed E-state index contributed by atoms with van der Waals surface area (Å²) in [6.07, 6.45) is -0.0779. The number of halogens is 1. The topological polar surface area (TPSA) is 37.3 Å². The van der Waals surface area contributed by atoms with E-state index in [1.165, 1.54) is 6.07 Å². The molecule has 0 unspecified atom stereocenters. The van der Waals surface area contributed by atoms with Crippen LogP contribution in [0, 0.1) is 5.82 Å². The van der Waals surface area contributed by atoms with Crippen molar-refractivity contribution in [3.8, 4) is 0 Å². The average molecular weight is 238 g/mol. The predicted molar refractivity (Wildman–Crippen MR) is 65.8 cm³/mol. The molecule has 0 saturated carbocycles. The number of benzene rings is 1. The van der Waals surface area contributed by atoms with Crippen molar-refractivity contribution in [3.63, 3.8) is 0 Å². The van der Waals surface area contributed by atoms with E-state index < -0.39 is 11.4 Å². The molecule has 0 aliphatic carbocycles. The molecule has 1 aromatic carbocycles. The summed E-state index contributed by atoms with van der Waals surface area (Å²) in [5, 5.41) is 8.86. The first-order chi connectivity index (χ1) is 7.74. The number of hydrogen-bond donors (Lipinski definition) is 1. The fraction of sp³-hybridized carbons (Fsp3) is 0.500. The van der Waals surface area contributed by atoms with Gasteiger partial charge in [0.25, 0.3) is 0 Å². The van der Waals surface area contributed by atoms with Gasteiger partial charge in [0.15, 0.2) is 0 Å². The zero-order valence-corrected chi connectivity index (χ0v) is 10.7. The van der Waals surface area contributed by atoms with E-state index >= 15 is 0 Å². The van der Waals surface area contributed by atoms with E-state index in [-0.39, 0.29) is 12.2 Å². The smallest absolute Gasteiger partial charge is 0.304 e. The quantitative estimate of drug-likeness (QED) is 0.868. The van der Waals surface area contributed by atoms with Crippen molar-refractivity contribution in [2.75, 3.05) is 0 Å². The van der Waals surface area contributed by atoms with Crippen LogP contribution in [0.3, 0.4) is 0 Å². The molecule has 0 saturated heterocycles. The molecule has 3 heteroatoms. The van der Waals surface area contributed by atoms with Gasteiger partial charge in [0.2, 0.25) is 0 Å². The molecule has 1 aromatic rings. The summed E-state index contributed by atoms with van der Waals surface area (Å²) in [6.45, 7) is 7.57. The highest BCUT2D eigenvalue weighted by molar-refractivity contribution is 5.69. The number of carboxylic acid groups (broad SMARTS) is 1. The van der Waals surface area contributed by atoms with Gasteiger partial charge in [0, 0.05) is 5.41 Å². The van der Waals surface area contributed by atoms with Gasteiger partial charge >= 0.3 is 5.97 Å². The molecule has 0 bridgehead atoms. The Morgan fingerprint density at radius 1 is 1.41 bits per heavy atom. The van der Waals surface area contributed by atoms with Crippen molar-refractivity contribution < 1.29 is 14.3 Å². The highest BCUT2D eigenvalue weighted by Crippen LogP contribution is 2.31. The third-order valence-corrected chi connectivity index (χ3v) is 2.98. The first-order valence-electron chi connectivity index (χ1n) is 5.76. The zero-order valence-electron chi connectivity index (χ0n) is 10.7. The van der Waals surface area contributed by atoms with Gasteiger partial charge in [0.1, 0.15) is 5.82 Å². The molecule has 2 nitrogen and oxygen atoms in total. The Morgan fingerprint density at radius 2 is 2.00 bits per heavy atom. The Labute approximate surface area is 101 Å². The number of carboxylic acids is 1. The van der Waals surface area contributed by atoms with Gasteiger partial charge in [0.05, 0.1) is 6.42 Å². The zero-order chi connectivity index (χ0) is 13.2. The molecule has 0 amide bonds. The van der Waals surface area contributed by atoms with Crippen LogP contribution in [0.4, 0.5) is 4.39 Å². The summed E-state index contributed by atoms with van der Waals surface area (Å²) in [6, 6.07) is 4.96. The molecule has 1 rings (SSSR count). The lowest BCUT2D eigenvalue weighted by molar-refractivity contribution is -0.138.